The van der Waals surface area contributed by atoms with Crippen LogP contribution in [0.3, 0.4) is 0 Å². The predicted molar refractivity (Wildman–Crippen MR) is 48.3 cm³/mol. The van der Waals surface area contributed by atoms with Crippen LogP contribution in [0, 0.1) is 6.92 Å². The number of pyridine rings is 1. The van der Waals surface area contributed by atoms with Gasteiger partial charge >= 0.3 is 0 Å². The normalized spacial score (nSPS) is 10.1. The van der Waals surface area contributed by atoms with Gasteiger partial charge in [0.2, 0.25) is 0 Å². The van der Waals surface area contributed by atoms with Crippen molar-refractivity contribution >= 4 is 0 Å². The molecule has 2 rings (SSSR count). The average Bonchev–Trinajstić information content (AvgIpc) is 2.58. The summed E-state index contributed by atoms with van der Waals surface area (Å²) < 4.78 is 1.99. The Bertz CT molecular complexity index is 346. The molecular weight excluding hydrogens is 148 g/mol. The van der Waals surface area contributed by atoms with Gasteiger partial charge in [-0.15, -0.1) is 0 Å². The molecule has 0 aliphatic rings. The molecule has 60 valence electrons. The standard InChI is InChI=1S/C10H10N2/c1-9-4-5-10(11-8-9)12-6-2-3-7-12/h2-8H,1H3. The Labute approximate surface area is 71.5 Å². The molecule has 0 radical (unpaired) electrons. The predicted octanol–water partition coefficient (Wildman–Crippen LogP) is 2.18. The van der Waals surface area contributed by atoms with Crippen LogP contribution in [0.1, 0.15) is 5.56 Å². The number of rotatable bonds is 1. The van der Waals surface area contributed by atoms with Crippen molar-refractivity contribution in [3.63, 3.8) is 0 Å². The van der Waals surface area contributed by atoms with Crippen LogP contribution in [-0.2, 0) is 0 Å². The van der Waals surface area contributed by atoms with Crippen LogP contribution in [0.2, 0.25) is 0 Å². The highest BCUT2D eigenvalue weighted by atomic mass is 15.0. The van der Waals surface area contributed by atoms with Gasteiger partial charge in [0.15, 0.2) is 0 Å². The van der Waals surface area contributed by atoms with Crippen molar-refractivity contribution in [3.8, 4) is 5.82 Å². The summed E-state index contributed by atoms with van der Waals surface area (Å²) in [4.78, 5) is 4.28. The Kier molecular flexibility index (Phi) is 1.67. The molecule has 0 aliphatic heterocycles. The summed E-state index contributed by atoms with van der Waals surface area (Å²) in [7, 11) is 0. The van der Waals surface area contributed by atoms with Gasteiger partial charge in [-0.2, -0.15) is 0 Å². The van der Waals surface area contributed by atoms with Crippen LogP contribution in [0.5, 0.6) is 0 Å². The number of hydrogen-bond donors (Lipinski definition) is 0. The molecule has 2 nitrogen and oxygen atoms in total. The summed E-state index contributed by atoms with van der Waals surface area (Å²) in [5, 5.41) is 0. The summed E-state index contributed by atoms with van der Waals surface area (Å²) in [5.74, 6) is 0.964. The van der Waals surface area contributed by atoms with Gasteiger partial charge in [-0.1, -0.05) is 6.07 Å². The SMILES string of the molecule is Cc1ccc(-n2cccc2)nc1. The van der Waals surface area contributed by atoms with E-state index in [1.807, 2.05) is 48.3 Å². The molecule has 0 bridgehead atoms. The van der Waals surface area contributed by atoms with E-state index in [1.165, 1.54) is 5.56 Å². The molecule has 2 aromatic rings. The first-order valence-corrected chi connectivity index (χ1v) is 3.92. The summed E-state index contributed by atoms with van der Waals surface area (Å²) in [6.45, 7) is 2.03. The zero-order chi connectivity index (χ0) is 8.39. The first kappa shape index (κ1) is 7.10. The van der Waals surface area contributed by atoms with E-state index in [4.69, 9.17) is 0 Å². The highest BCUT2D eigenvalue weighted by Gasteiger charge is 1.93. The second-order valence-electron chi connectivity index (χ2n) is 2.78. The minimum atomic E-state index is 0.964. The fourth-order valence-electron chi connectivity index (χ4n) is 1.10. The van der Waals surface area contributed by atoms with Crippen molar-refractivity contribution in [1.82, 2.24) is 9.55 Å². The molecule has 12 heavy (non-hydrogen) atoms. The van der Waals surface area contributed by atoms with Crippen molar-refractivity contribution in [3.05, 3.63) is 48.4 Å². The monoisotopic (exact) mass is 158 g/mol. The van der Waals surface area contributed by atoms with Gasteiger partial charge in [-0.3, -0.25) is 0 Å². The Morgan fingerprint density at radius 1 is 1.17 bits per heavy atom. The van der Waals surface area contributed by atoms with Crippen LogP contribution >= 0.6 is 0 Å². The summed E-state index contributed by atoms with van der Waals surface area (Å²) in [6.07, 6.45) is 5.84. The fourth-order valence-corrected chi connectivity index (χ4v) is 1.10. The van der Waals surface area contributed by atoms with Gasteiger partial charge < -0.3 is 4.57 Å². The second-order valence-corrected chi connectivity index (χ2v) is 2.78. The minimum Gasteiger partial charge on any atom is -0.309 e. The number of hydrogen-bond acceptors (Lipinski definition) is 1. The summed E-state index contributed by atoms with van der Waals surface area (Å²) in [6, 6.07) is 8.04. The average molecular weight is 158 g/mol. The minimum absolute atomic E-state index is 0.964. The molecule has 2 heteroatoms. The summed E-state index contributed by atoms with van der Waals surface area (Å²) in [5.41, 5.74) is 1.19. The van der Waals surface area contributed by atoms with Gasteiger partial charge in [0.05, 0.1) is 0 Å². The van der Waals surface area contributed by atoms with E-state index in [0.29, 0.717) is 0 Å². The largest absolute Gasteiger partial charge is 0.309 e. The summed E-state index contributed by atoms with van der Waals surface area (Å²) >= 11 is 0. The molecule has 0 amide bonds. The van der Waals surface area contributed by atoms with E-state index in [1.54, 1.807) is 0 Å². The molecule has 0 N–H and O–H groups in total. The van der Waals surface area contributed by atoms with E-state index < -0.39 is 0 Å². The number of nitrogens with zero attached hydrogens (tertiary/aromatic N) is 2. The van der Waals surface area contributed by atoms with Crippen LogP contribution in [0.25, 0.3) is 5.82 Å². The maximum Gasteiger partial charge on any atom is 0.136 e. The van der Waals surface area contributed by atoms with E-state index in [2.05, 4.69) is 11.1 Å². The molecule has 0 atom stereocenters. The van der Waals surface area contributed by atoms with Gasteiger partial charge in [-0.25, -0.2) is 4.98 Å². The van der Waals surface area contributed by atoms with E-state index >= 15 is 0 Å². The zero-order valence-electron chi connectivity index (χ0n) is 6.94. The highest BCUT2D eigenvalue weighted by molar-refractivity contribution is 5.25. The van der Waals surface area contributed by atoms with Crippen molar-refractivity contribution < 1.29 is 0 Å². The molecule has 0 aliphatic carbocycles. The Morgan fingerprint density at radius 2 is 1.92 bits per heavy atom. The molecule has 0 saturated carbocycles. The molecule has 0 fully saturated rings. The van der Waals surface area contributed by atoms with Crippen LogP contribution in [0.15, 0.2) is 42.9 Å². The fraction of sp³-hybridized carbons (Fsp3) is 0.100. The van der Waals surface area contributed by atoms with Gasteiger partial charge in [0, 0.05) is 18.6 Å². The Hall–Kier alpha value is -1.57. The van der Waals surface area contributed by atoms with Crippen molar-refractivity contribution in [2.45, 2.75) is 6.92 Å². The Balaban J connectivity index is 2.43. The van der Waals surface area contributed by atoms with Gasteiger partial charge in [0.1, 0.15) is 5.82 Å². The van der Waals surface area contributed by atoms with Crippen molar-refractivity contribution in [1.29, 1.82) is 0 Å². The second kappa shape index (κ2) is 2.81. The first-order valence-electron chi connectivity index (χ1n) is 3.92. The topological polar surface area (TPSA) is 17.8 Å². The molecule has 2 heterocycles. The molecule has 0 aromatic carbocycles. The van der Waals surface area contributed by atoms with E-state index in [9.17, 15) is 0 Å². The number of aromatic nitrogens is 2. The third-order valence-electron chi connectivity index (χ3n) is 1.76. The van der Waals surface area contributed by atoms with Crippen LogP contribution in [0.4, 0.5) is 0 Å². The molecule has 0 spiro atoms. The third kappa shape index (κ3) is 1.23. The number of aryl methyl sites for hydroxylation is 1. The lowest BCUT2D eigenvalue weighted by molar-refractivity contribution is 1.00. The van der Waals surface area contributed by atoms with Gasteiger partial charge in [0.25, 0.3) is 0 Å². The third-order valence-corrected chi connectivity index (χ3v) is 1.76. The molecule has 0 unspecified atom stereocenters. The zero-order valence-corrected chi connectivity index (χ0v) is 6.94. The van der Waals surface area contributed by atoms with Gasteiger partial charge in [-0.05, 0) is 30.7 Å². The van der Waals surface area contributed by atoms with Crippen molar-refractivity contribution in [2.75, 3.05) is 0 Å². The molecule has 0 saturated heterocycles. The Morgan fingerprint density at radius 3 is 2.50 bits per heavy atom. The highest BCUT2D eigenvalue weighted by Crippen LogP contribution is 2.04. The maximum atomic E-state index is 4.28. The quantitative estimate of drug-likeness (QED) is 0.622. The van der Waals surface area contributed by atoms with E-state index in [-0.39, 0.29) is 0 Å². The lowest BCUT2D eigenvalue weighted by Crippen LogP contribution is -1.92. The molecular formula is C10H10N2. The first-order chi connectivity index (χ1) is 5.86. The van der Waals surface area contributed by atoms with Crippen LogP contribution in [-0.4, -0.2) is 9.55 Å². The molecule has 2 aromatic heterocycles. The lowest BCUT2D eigenvalue weighted by atomic mass is 10.3. The van der Waals surface area contributed by atoms with E-state index in [0.717, 1.165) is 5.82 Å². The smallest absolute Gasteiger partial charge is 0.136 e. The van der Waals surface area contributed by atoms with Crippen LogP contribution < -0.4 is 0 Å². The lowest BCUT2D eigenvalue weighted by Gasteiger charge is -2.00. The maximum absolute atomic E-state index is 4.28. The van der Waals surface area contributed by atoms with Crippen molar-refractivity contribution in [2.24, 2.45) is 0 Å².